The number of anilines is 2. The van der Waals surface area contributed by atoms with Crippen LogP contribution in [0.4, 0.5) is 11.5 Å². The van der Waals surface area contributed by atoms with Crippen LogP contribution in [0.3, 0.4) is 0 Å². The van der Waals surface area contributed by atoms with Crippen molar-refractivity contribution in [2.24, 2.45) is 0 Å². The number of benzene rings is 1. The number of aryl methyl sites for hydroxylation is 3. The highest BCUT2D eigenvalue weighted by Crippen LogP contribution is 2.28. The Hall–Kier alpha value is -1.88. The molecule has 20 heavy (non-hydrogen) atoms. The highest BCUT2D eigenvalue weighted by molar-refractivity contribution is 9.10. The molecule has 4 nitrogen and oxygen atoms in total. The Morgan fingerprint density at radius 2 is 1.95 bits per heavy atom. The van der Waals surface area contributed by atoms with Gasteiger partial charge in [0.05, 0.1) is 5.69 Å². The lowest BCUT2D eigenvalue weighted by atomic mass is 10.1. The van der Waals surface area contributed by atoms with Crippen LogP contribution >= 0.6 is 15.9 Å². The van der Waals surface area contributed by atoms with Crippen molar-refractivity contribution in [1.29, 1.82) is 0 Å². The van der Waals surface area contributed by atoms with Gasteiger partial charge in [0.15, 0.2) is 0 Å². The number of pyridine rings is 1. The molecule has 104 valence electrons. The zero-order chi connectivity index (χ0) is 14.9. The molecular weight excluding hydrogens is 320 g/mol. The molecule has 0 radical (unpaired) electrons. The molecule has 0 spiro atoms. The minimum absolute atomic E-state index is 0.197. The van der Waals surface area contributed by atoms with Gasteiger partial charge < -0.3 is 10.4 Å². The van der Waals surface area contributed by atoms with Crippen LogP contribution in [0.5, 0.6) is 0 Å². The normalized spacial score (nSPS) is 10.4. The molecule has 0 saturated heterocycles. The summed E-state index contributed by atoms with van der Waals surface area (Å²) in [6.07, 6.45) is 0. The maximum Gasteiger partial charge on any atom is 0.339 e. The maximum absolute atomic E-state index is 11.4. The van der Waals surface area contributed by atoms with Crippen LogP contribution in [0.1, 0.15) is 27.2 Å². The number of aromatic carboxylic acids is 1. The van der Waals surface area contributed by atoms with E-state index in [-0.39, 0.29) is 5.56 Å². The molecule has 1 heterocycles. The predicted molar refractivity (Wildman–Crippen MR) is 82.8 cm³/mol. The number of nitrogens with zero attached hydrogens (tertiary/aromatic N) is 1. The first-order chi connectivity index (χ1) is 9.38. The molecule has 0 atom stereocenters. The van der Waals surface area contributed by atoms with Gasteiger partial charge in [0, 0.05) is 10.2 Å². The van der Waals surface area contributed by atoms with Crippen LogP contribution in [0.2, 0.25) is 0 Å². The van der Waals surface area contributed by atoms with E-state index >= 15 is 0 Å². The summed E-state index contributed by atoms with van der Waals surface area (Å²) in [5.74, 6) is -0.625. The lowest BCUT2D eigenvalue weighted by Crippen LogP contribution is -2.08. The lowest BCUT2D eigenvalue weighted by Gasteiger charge is -2.13. The fourth-order valence-electron chi connectivity index (χ4n) is 2.05. The predicted octanol–water partition coefficient (Wildman–Crippen LogP) is 4.21. The summed E-state index contributed by atoms with van der Waals surface area (Å²) in [4.78, 5) is 15.7. The Morgan fingerprint density at radius 1 is 1.25 bits per heavy atom. The van der Waals surface area contributed by atoms with Gasteiger partial charge in [-0.1, -0.05) is 6.07 Å². The lowest BCUT2D eigenvalue weighted by molar-refractivity contribution is 0.0697. The number of aromatic nitrogens is 1. The molecular formula is C15H15BrN2O2. The fourth-order valence-corrected chi connectivity index (χ4v) is 2.64. The third-order valence-corrected chi connectivity index (χ3v) is 3.59. The largest absolute Gasteiger partial charge is 0.478 e. The van der Waals surface area contributed by atoms with Gasteiger partial charge in [-0.15, -0.1) is 0 Å². The Labute approximate surface area is 126 Å². The second-order valence-corrected chi connectivity index (χ2v) is 5.57. The van der Waals surface area contributed by atoms with E-state index in [9.17, 15) is 9.90 Å². The number of nitrogens with one attached hydrogen (secondary N) is 1. The summed E-state index contributed by atoms with van der Waals surface area (Å²) in [6.45, 7) is 5.60. The Morgan fingerprint density at radius 3 is 2.55 bits per heavy atom. The number of hydrogen-bond donors (Lipinski definition) is 2. The van der Waals surface area contributed by atoms with E-state index in [0.717, 1.165) is 21.4 Å². The monoisotopic (exact) mass is 334 g/mol. The Balaban J connectivity index is 2.50. The summed E-state index contributed by atoms with van der Waals surface area (Å²) in [5, 5.41) is 12.4. The van der Waals surface area contributed by atoms with E-state index in [1.54, 1.807) is 13.0 Å². The second kappa shape index (κ2) is 5.63. The number of carbonyl (C=O) groups is 1. The second-order valence-electron chi connectivity index (χ2n) is 4.72. The van der Waals surface area contributed by atoms with Crippen molar-refractivity contribution in [2.45, 2.75) is 20.8 Å². The molecule has 0 aliphatic carbocycles. The summed E-state index contributed by atoms with van der Waals surface area (Å²) in [6, 6.07) is 7.57. The molecule has 0 amide bonds. The van der Waals surface area contributed by atoms with Crippen molar-refractivity contribution in [2.75, 3.05) is 5.32 Å². The average Bonchev–Trinajstić information content (AvgIpc) is 2.31. The van der Waals surface area contributed by atoms with Crippen LogP contribution in [0.25, 0.3) is 0 Å². The van der Waals surface area contributed by atoms with Crippen LogP contribution < -0.4 is 5.32 Å². The smallest absolute Gasteiger partial charge is 0.339 e. The van der Waals surface area contributed by atoms with E-state index < -0.39 is 5.97 Å². The number of rotatable bonds is 3. The van der Waals surface area contributed by atoms with Crippen molar-refractivity contribution in [3.05, 3.63) is 51.1 Å². The van der Waals surface area contributed by atoms with Gasteiger partial charge in [-0.25, -0.2) is 9.78 Å². The van der Waals surface area contributed by atoms with Crippen molar-refractivity contribution < 1.29 is 9.90 Å². The van der Waals surface area contributed by atoms with E-state index in [4.69, 9.17) is 0 Å². The van der Waals surface area contributed by atoms with Crippen LogP contribution in [0.15, 0.2) is 28.7 Å². The van der Waals surface area contributed by atoms with Gasteiger partial charge in [-0.05, 0) is 66.0 Å². The molecule has 0 bridgehead atoms. The SMILES string of the molecule is Cc1ccc(Nc2nc(C)cc(C)c2C(=O)O)c(Br)c1. The van der Waals surface area contributed by atoms with E-state index in [0.29, 0.717) is 11.4 Å². The number of carboxylic acids is 1. The minimum atomic E-state index is -0.985. The van der Waals surface area contributed by atoms with E-state index in [2.05, 4.69) is 26.2 Å². The summed E-state index contributed by atoms with van der Waals surface area (Å²) < 4.78 is 0.870. The first-order valence-electron chi connectivity index (χ1n) is 6.13. The van der Waals surface area contributed by atoms with Gasteiger partial charge >= 0.3 is 5.97 Å². The van der Waals surface area contributed by atoms with Crippen molar-refractivity contribution in [1.82, 2.24) is 4.98 Å². The molecule has 1 aromatic carbocycles. The third-order valence-electron chi connectivity index (χ3n) is 2.94. The molecule has 0 aliphatic heterocycles. The minimum Gasteiger partial charge on any atom is -0.478 e. The molecule has 0 fully saturated rings. The first-order valence-corrected chi connectivity index (χ1v) is 6.92. The topological polar surface area (TPSA) is 62.2 Å². The maximum atomic E-state index is 11.4. The van der Waals surface area contributed by atoms with Crippen LogP contribution in [-0.4, -0.2) is 16.1 Å². The molecule has 1 aromatic heterocycles. The van der Waals surface area contributed by atoms with Gasteiger partial charge in [-0.3, -0.25) is 0 Å². The molecule has 0 saturated carbocycles. The van der Waals surface area contributed by atoms with Crippen molar-refractivity contribution in [3.8, 4) is 0 Å². The molecule has 5 heteroatoms. The quantitative estimate of drug-likeness (QED) is 0.882. The average molecular weight is 335 g/mol. The van der Waals surface area contributed by atoms with Gasteiger partial charge in [0.25, 0.3) is 0 Å². The van der Waals surface area contributed by atoms with E-state index in [1.807, 2.05) is 32.0 Å². The Kier molecular flexibility index (Phi) is 4.09. The molecule has 2 rings (SSSR count). The highest BCUT2D eigenvalue weighted by Gasteiger charge is 2.16. The Bertz CT molecular complexity index is 684. The molecule has 0 aliphatic rings. The highest BCUT2D eigenvalue weighted by atomic mass is 79.9. The van der Waals surface area contributed by atoms with Crippen molar-refractivity contribution in [3.63, 3.8) is 0 Å². The van der Waals surface area contributed by atoms with Gasteiger partial charge in [0.1, 0.15) is 11.4 Å². The van der Waals surface area contributed by atoms with Crippen molar-refractivity contribution >= 4 is 33.4 Å². The third kappa shape index (κ3) is 2.99. The summed E-state index contributed by atoms with van der Waals surface area (Å²) in [5.41, 5.74) is 3.57. The van der Waals surface area contributed by atoms with Gasteiger partial charge in [0.2, 0.25) is 0 Å². The zero-order valence-electron chi connectivity index (χ0n) is 11.5. The standard InChI is InChI=1S/C15H15BrN2O2/c1-8-4-5-12(11(16)6-8)18-14-13(15(19)20)9(2)7-10(3)17-14/h4-7H,1-3H3,(H,17,18)(H,19,20). The van der Waals surface area contributed by atoms with E-state index in [1.165, 1.54) is 0 Å². The van der Waals surface area contributed by atoms with Gasteiger partial charge in [-0.2, -0.15) is 0 Å². The fraction of sp³-hybridized carbons (Fsp3) is 0.200. The van der Waals surface area contributed by atoms with Crippen LogP contribution in [-0.2, 0) is 0 Å². The number of carboxylic acid groups (broad SMARTS) is 1. The number of hydrogen-bond acceptors (Lipinski definition) is 3. The van der Waals surface area contributed by atoms with Crippen LogP contribution in [0, 0.1) is 20.8 Å². The summed E-state index contributed by atoms with van der Waals surface area (Å²) in [7, 11) is 0. The zero-order valence-corrected chi connectivity index (χ0v) is 13.1. The summed E-state index contributed by atoms with van der Waals surface area (Å²) >= 11 is 3.47. The molecule has 0 unspecified atom stereocenters. The molecule has 2 N–H and O–H groups in total. The first kappa shape index (κ1) is 14.5. The number of halogens is 1. The molecule has 2 aromatic rings.